The highest BCUT2D eigenvalue weighted by Gasteiger charge is 2.21. The van der Waals surface area contributed by atoms with Crippen molar-refractivity contribution in [2.45, 2.75) is 33.7 Å². The van der Waals surface area contributed by atoms with Crippen LogP contribution < -0.4 is 10.6 Å². The maximum atomic E-state index is 14.5. The molecule has 0 aromatic heterocycles. The number of carbonyl (C=O) groups excluding carboxylic acids is 1. The van der Waals surface area contributed by atoms with Crippen LogP contribution in [0.15, 0.2) is 24.3 Å². The van der Waals surface area contributed by atoms with Crippen LogP contribution in [0.4, 0.5) is 24.5 Å². The first kappa shape index (κ1) is 17.8. The predicted molar refractivity (Wildman–Crippen MR) is 88.5 cm³/mol. The second-order valence-corrected chi connectivity index (χ2v) is 5.51. The minimum atomic E-state index is -0.758. The normalized spacial score (nSPS) is 10.6. The summed E-state index contributed by atoms with van der Waals surface area (Å²) < 4.78 is 41.9. The smallest absolute Gasteiger partial charge is 0.224 e. The molecule has 0 aliphatic carbocycles. The van der Waals surface area contributed by atoms with Crippen LogP contribution >= 0.6 is 0 Å². The highest BCUT2D eigenvalue weighted by Crippen LogP contribution is 2.33. The minimum absolute atomic E-state index is 0.146. The molecule has 2 aromatic rings. The maximum absolute atomic E-state index is 14.5. The van der Waals surface area contributed by atoms with E-state index in [0.717, 1.165) is 0 Å². The molecule has 0 heterocycles. The second kappa shape index (κ2) is 7.38. The van der Waals surface area contributed by atoms with E-state index in [2.05, 4.69) is 10.6 Å². The highest BCUT2D eigenvalue weighted by molar-refractivity contribution is 5.92. The molecule has 0 saturated heterocycles. The molecule has 0 atom stereocenters. The van der Waals surface area contributed by atoms with Gasteiger partial charge in [0.05, 0.1) is 5.69 Å². The van der Waals surface area contributed by atoms with Crippen LogP contribution in [0.2, 0.25) is 0 Å². The van der Waals surface area contributed by atoms with Gasteiger partial charge in [0.1, 0.15) is 11.5 Å². The molecular formula is C18H19F3N2O. The molecule has 0 unspecified atom stereocenters. The molecule has 0 aliphatic heterocycles. The number of hydrogen-bond acceptors (Lipinski definition) is 2. The third-order valence-corrected chi connectivity index (χ3v) is 3.82. The van der Waals surface area contributed by atoms with Crippen LogP contribution in [0.1, 0.15) is 30.0 Å². The van der Waals surface area contributed by atoms with E-state index in [-0.39, 0.29) is 47.2 Å². The van der Waals surface area contributed by atoms with Crippen LogP contribution in [0, 0.1) is 31.3 Å². The summed E-state index contributed by atoms with van der Waals surface area (Å²) in [5.41, 5.74) is 0.913. The number of hydrogen-bond donors (Lipinski definition) is 2. The topological polar surface area (TPSA) is 41.1 Å². The molecule has 0 fully saturated rings. The van der Waals surface area contributed by atoms with E-state index in [1.165, 1.54) is 38.1 Å². The number of anilines is 2. The molecule has 0 spiro atoms. The van der Waals surface area contributed by atoms with Crippen molar-refractivity contribution >= 4 is 17.3 Å². The zero-order valence-electron chi connectivity index (χ0n) is 13.8. The van der Waals surface area contributed by atoms with Gasteiger partial charge < -0.3 is 10.6 Å². The number of benzene rings is 2. The Morgan fingerprint density at radius 2 is 1.50 bits per heavy atom. The summed E-state index contributed by atoms with van der Waals surface area (Å²) in [5, 5.41) is 5.24. The van der Waals surface area contributed by atoms with Gasteiger partial charge in [0.25, 0.3) is 0 Å². The van der Waals surface area contributed by atoms with Gasteiger partial charge in [-0.3, -0.25) is 4.79 Å². The highest BCUT2D eigenvalue weighted by atomic mass is 19.1. The Balaban J connectivity index is 2.30. The van der Waals surface area contributed by atoms with Gasteiger partial charge in [-0.15, -0.1) is 0 Å². The molecule has 1 amide bonds. The van der Waals surface area contributed by atoms with Crippen molar-refractivity contribution in [2.24, 2.45) is 0 Å². The summed E-state index contributed by atoms with van der Waals surface area (Å²) in [6.45, 7) is 4.77. The van der Waals surface area contributed by atoms with Crippen LogP contribution in [-0.2, 0) is 11.3 Å². The van der Waals surface area contributed by atoms with E-state index in [1.54, 1.807) is 6.92 Å². The zero-order chi connectivity index (χ0) is 17.9. The van der Waals surface area contributed by atoms with Crippen LogP contribution in [-0.4, -0.2) is 5.91 Å². The molecule has 128 valence electrons. The van der Waals surface area contributed by atoms with E-state index in [0.29, 0.717) is 5.56 Å². The summed E-state index contributed by atoms with van der Waals surface area (Å²) >= 11 is 0. The molecule has 3 nitrogen and oxygen atoms in total. The quantitative estimate of drug-likeness (QED) is 0.832. The Morgan fingerprint density at radius 1 is 0.958 bits per heavy atom. The van der Waals surface area contributed by atoms with Crippen LogP contribution in [0.5, 0.6) is 0 Å². The van der Waals surface area contributed by atoms with Gasteiger partial charge in [-0.05, 0) is 31.5 Å². The van der Waals surface area contributed by atoms with Gasteiger partial charge in [-0.1, -0.05) is 19.1 Å². The molecule has 2 N–H and O–H groups in total. The first-order valence-electron chi connectivity index (χ1n) is 7.61. The average Bonchev–Trinajstić information content (AvgIpc) is 2.58. The lowest BCUT2D eigenvalue weighted by atomic mass is 10.0. The van der Waals surface area contributed by atoms with Gasteiger partial charge in [0, 0.05) is 24.1 Å². The van der Waals surface area contributed by atoms with Crippen molar-refractivity contribution in [1.82, 2.24) is 0 Å². The van der Waals surface area contributed by atoms with Crippen molar-refractivity contribution in [3.05, 3.63) is 58.4 Å². The van der Waals surface area contributed by atoms with E-state index in [9.17, 15) is 18.0 Å². The SMILES string of the molecule is CCC(=O)Nc1c(C)c(F)c(NCc2ccc(F)cc2)c(F)c1C. The number of nitrogens with one attached hydrogen (secondary N) is 2. The number of halogens is 3. The van der Waals surface area contributed by atoms with Crippen molar-refractivity contribution < 1.29 is 18.0 Å². The van der Waals surface area contributed by atoms with E-state index in [4.69, 9.17) is 0 Å². The Labute approximate surface area is 138 Å². The molecule has 6 heteroatoms. The Morgan fingerprint density at radius 3 is 2.00 bits per heavy atom. The predicted octanol–water partition coefficient (Wildman–Crippen LogP) is 4.68. The Bertz CT molecular complexity index is 729. The molecule has 0 aliphatic rings. The molecule has 0 saturated carbocycles. The minimum Gasteiger partial charge on any atom is -0.376 e. The molecule has 24 heavy (non-hydrogen) atoms. The standard InChI is InChI=1S/C18H19F3N2O/c1-4-14(24)23-17-10(2)15(20)18(16(21)11(17)3)22-9-12-5-7-13(19)8-6-12/h5-8,22H,4,9H2,1-3H3,(H,23,24). The average molecular weight is 336 g/mol. The fourth-order valence-corrected chi connectivity index (χ4v) is 2.34. The van der Waals surface area contributed by atoms with Gasteiger partial charge in [0.2, 0.25) is 5.91 Å². The summed E-state index contributed by atoms with van der Waals surface area (Å²) in [6, 6.07) is 5.63. The van der Waals surface area contributed by atoms with Crippen molar-refractivity contribution in [3.8, 4) is 0 Å². The van der Waals surface area contributed by atoms with Gasteiger partial charge in [-0.2, -0.15) is 0 Å². The van der Waals surface area contributed by atoms with Crippen LogP contribution in [0.25, 0.3) is 0 Å². The van der Waals surface area contributed by atoms with E-state index >= 15 is 0 Å². The zero-order valence-corrected chi connectivity index (χ0v) is 13.8. The lowest BCUT2D eigenvalue weighted by Gasteiger charge is -2.18. The van der Waals surface area contributed by atoms with Crippen molar-refractivity contribution in [3.63, 3.8) is 0 Å². The second-order valence-electron chi connectivity index (χ2n) is 5.51. The third kappa shape index (κ3) is 3.69. The summed E-state index contributed by atoms with van der Waals surface area (Å²) in [4.78, 5) is 11.5. The van der Waals surface area contributed by atoms with Gasteiger partial charge in [0.15, 0.2) is 11.6 Å². The van der Waals surface area contributed by atoms with Gasteiger partial charge >= 0.3 is 0 Å². The lowest BCUT2D eigenvalue weighted by Crippen LogP contribution is -2.15. The van der Waals surface area contributed by atoms with Gasteiger partial charge in [-0.25, -0.2) is 13.2 Å². The summed E-state index contributed by atoms with van der Waals surface area (Å²) in [5.74, 6) is -2.20. The first-order valence-corrected chi connectivity index (χ1v) is 7.61. The summed E-state index contributed by atoms with van der Waals surface area (Å²) in [7, 11) is 0. The van der Waals surface area contributed by atoms with E-state index in [1.807, 2.05) is 0 Å². The molecule has 0 radical (unpaired) electrons. The van der Waals surface area contributed by atoms with Crippen molar-refractivity contribution in [2.75, 3.05) is 10.6 Å². The maximum Gasteiger partial charge on any atom is 0.224 e. The Kier molecular flexibility index (Phi) is 5.49. The fourth-order valence-electron chi connectivity index (χ4n) is 2.34. The number of rotatable bonds is 5. The summed E-state index contributed by atoms with van der Waals surface area (Å²) in [6.07, 6.45) is 0.215. The molecule has 2 rings (SSSR count). The number of carbonyl (C=O) groups is 1. The van der Waals surface area contributed by atoms with E-state index < -0.39 is 11.6 Å². The van der Waals surface area contributed by atoms with Crippen molar-refractivity contribution in [1.29, 1.82) is 0 Å². The third-order valence-electron chi connectivity index (χ3n) is 3.82. The largest absolute Gasteiger partial charge is 0.376 e. The fraction of sp³-hybridized carbons (Fsp3) is 0.278. The monoisotopic (exact) mass is 336 g/mol. The number of amides is 1. The molecular weight excluding hydrogens is 317 g/mol. The lowest BCUT2D eigenvalue weighted by molar-refractivity contribution is -0.115. The first-order chi connectivity index (χ1) is 11.3. The Hall–Kier alpha value is -2.50. The van der Waals surface area contributed by atoms with Crippen LogP contribution in [0.3, 0.4) is 0 Å². The molecule has 0 bridgehead atoms. The molecule has 2 aromatic carbocycles.